The van der Waals surface area contributed by atoms with Crippen LogP contribution in [0.5, 0.6) is 0 Å². The number of carbonyl (C=O) groups is 1. The van der Waals surface area contributed by atoms with Crippen LogP contribution < -0.4 is 0 Å². The predicted molar refractivity (Wildman–Crippen MR) is 107 cm³/mol. The molecule has 148 valence electrons. The lowest BCUT2D eigenvalue weighted by Gasteiger charge is -2.24. The van der Waals surface area contributed by atoms with Gasteiger partial charge in [-0.3, -0.25) is 4.79 Å². The van der Waals surface area contributed by atoms with Gasteiger partial charge < -0.3 is 14.2 Å². The highest BCUT2D eigenvalue weighted by Crippen LogP contribution is 2.21. The average Bonchev–Trinajstić information content (AvgIpc) is 3.40. The van der Waals surface area contributed by atoms with Crippen molar-refractivity contribution in [1.29, 1.82) is 0 Å². The molecule has 2 heterocycles. The first-order valence-electron chi connectivity index (χ1n) is 9.14. The van der Waals surface area contributed by atoms with Crippen molar-refractivity contribution in [1.82, 2.24) is 4.90 Å². The second kappa shape index (κ2) is 8.49. The highest BCUT2D eigenvalue weighted by Gasteiger charge is 2.28. The van der Waals surface area contributed by atoms with Crippen molar-refractivity contribution in [3.8, 4) is 0 Å². The number of benzene rings is 2. The SMILES string of the molecule is O=C(c1ccco1)N(Cc1cccc(F)c1)CC1CC(c2ccc(Cl)cc2)=NO1. The van der Waals surface area contributed by atoms with Gasteiger partial charge >= 0.3 is 0 Å². The van der Waals surface area contributed by atoms with E-state index in [2.05, 4.69) is 5.16 Å². The molecule has 1 aromatic heterocycles. The van der Waals surface area contributed by atoms with Gasteiger partial charge in [0.15, 0.2) is 11.9 Å². The van der Waals surface area contributed by atoms with Gasteiger partial charge in [-0.15, -0.1) is 0 Å². The third kappa shape index (κ3) is 4.66. The molecule has 5 nitrogen and oxygen atoms in total. The van der Waals surface area contributed by atoms with E-state index in [-0.39, 0.29) is 36.7 Å². The third-order valence-corrected chi connectivity index (χ3v) is 4.87. The minimum absolute atomic E-state index is 0.221. The first kappa shape index (κ1) is 19.2. The van der Waals surface area contributed by atoms with Crippen LogP contribution in [0.3, 0.4) is 0 Å². The van der Waals surface area contributed by atoms with Crippen LogP contribution in [-0.4, -0.2) is 29.2 Å². The number of furan rings is 1. The van der Waals surface area contributed by atoms with Crippen molar-refractivity contribution in [2.75, 3.05) is 6.54 Å². The zero-order valence-corrected chi connectivity index (χ0v) is 16.2. The molecule has 1 unspecified atom stereocenters. The fourth-order valence-electron chi connectivity index (χ4n) is 3.22. The van der Waals surface area contributed by atoms with Crippen LogP contribution in [0.1, 0.15) is 28.1 Å². The Bertz CT molecular complexity index is 1020. The second-order valence-corrected chi connectivity index (χ2v) is 7.21. The summed E-state index contributed by atoms with van der Waals surface area (Å²) in [5.74, 6) is -0.417. The molecule has 0 saturated heterocycles. The molecule has 0 fully saturated rings. The van der Waals surface area contributed by atoms with E-state index >= 15 is 0 Å². The molecule has 2 aromatic carbocycles. The molecule has 3 aromatic rings. The van der Waals surface area contributed by atoms with Crippen LogP contribution in [0.4, 0.5) is 4.39 Å². The Morgan fingerprint density at radius 1 is 1.17 bits per heavy atom. The molecule has 0 N–H and O–H groups in total. The van der Waals surface area contributed by atoms with E-state index < -0.39 is 0 Å². The van der Waals surface area contributed by atoms with E-state index in [9.17, 15) is 9.18 Å². The molecule has 29 heavy (non-hydrogen) atoms. The zero-order valence-electron chi connectivity index (χ0n) is 15.4. The van der Waals surface area contributed by atoms with Crippen molar-refractivity contribution >= 4 is 23.2 Å². The standard InChI is InChI=1S/C22H18ClFN2O3/c23-17-8-6-16(7-9-17)20-12-19(29-25-20)14-26(22(27)21-5-2-10-28-21)13-15-3-1-4-18(24)11-15/h1-11,19H,12-14H2. The van der Waals surface area contributed by atoms with E-state index in [1.165, 1.54) is 18.4 Å². The number of hydrogen-bond donors (Lipinski definition) is 0. The van der Waals surface area contributed by atoms with Gasteiger partial charge in [-0.1, -0.05) is 41.0 Å². The van der Waals surface area contributed by atoms with Crippen LogP contribution in [-0.2, 0) is 11.4 Å². The summed E-state index contributed by atoms with van der Waals surface area (Å²) in [6.45, 7) is 0.518. The maximum Gasteiger partial charge on any atom is 0.289 e. The molecule has 0 bridgehead atoms. The van der Waals surface area contributed by atoms with Crippen molar-refractivity contribution in [3.05, 3.63) is 94.7 Å². The Labute approximate surface area is 172 Å². The Hall–Kier alpha value is -3.12. The van der Waals surface area contributed by atoms with Gasteiger partial charge in [-0.05, 0) is 47.5 Å². The van der Waals surface area contributed by atoms with Crippen molar-refractivity contribution in [2.24, 2.45) is 5.16 Å². The number of rotatable bonds is 6. The molecule has 1 amide bonds. The predicted octanol–water partition coefficient (Wildman–Crippen LogP) is 4.91. The van der Waals surface area contributed by atoms with Gasteiger partial charge in [0.2, 0.25) is 0 Å². The number of oxime groups is 1. The summed E-state index contributed by atoms with van der Waals surface area (Å²) in [5.41, 5.74) is 2.40. The van der Waals surface area contributed by atoms with E-state index in [1.807, 2.05) is 12.1 Å². The lowest BCUT2D eigenvalue weighted by molar-refractivity contribution is 0.0387. The summed E-state index contributed by atoms with van der Waals surface area (Å²) in [6, 6.07) is 16.8. The number of hydrogen-bond acceptors (Lipinski definition) is 4. The Morgan fingerprint density at radius 3 is 2.72 bits per heavy atom. The van der Waals surface area contributed by atoms with Crippen molar-refractivity contribution < 1.29 is 18.4 Å². The minimum atomic E-state index is -0.349. The molecule has 0 radical (unpaired) electrons. The normalized spacial score (nSPS) is 15.7. The Morgan fingerprint density at radius 2 is 2.00 bits per heavy atom. The fourth-order valence-corrected chi connectivity index (χ4v) is 3.34. The molecule has 1 aliphatic heterocycles. The lowest BCUT2D eigenvalue weighted by atomic mass is 10.0. The Kier molecular flexibility index (Phi) is 5.62. The average molecular weight is 413 g/mol. The number of amides is 1. The minimum Gasteiger partial charge on any atom is -0.459 e. The van der Waals surface area contributed by atoms with Crippen LogP contribution >= 0.6 is 11.6 Å². The maximum absolute atomic E-state index is 13.6. The summed E-state index contributed by atoms with van der Waals surface area (Å²) in [5, 5.41) is 4.81. The van der Waals surface area contributed by atoms with Gasteiger partial charge in [-0.25, -0.2) is 4.39 Å². The third-order valence-electron chi connectivity index (χ3n) is 4.62. The molecule has 4 rings (SSSR count). The lowest BCUT2D eigenvalue weighted by Crippen LogP contribution is -2.37. The molecule has 1 atom stereocenters. The van der Waals surface area contributed by atoms with Gasteiger partial charge in [0.05, 0.1) is 18.5 Å². The van der Waals surface area contributed by atoms with Crippen molar-refractivity contribution in [2.45, 2.75) is 19.1 Å². The smallest absolute Gasteiger partial charge is 0.289 e. The van der Waals surface area contributed by atoms with Gasteiger partial charge in [-0.2, -0.15) is 0 Å². The van der Waals surface area contributed by atoms with Crippen LogP contribution in [0.25, 0.3) is 0 Å². The number of halogens is 2. The van der Waals surface area contributed by atoms with E-state index in [4.69, 9.17) is 20.9 Å². The molecular weight excluding hydrogens is 395 g/mol. The monoisotopic (exact) mass is 412 g/mol. The summed E-state index contributed by atoms with van der Waals surface area (Å²) < 4.78 is 18.8. The fraction of sp³-hybridized carbons (Fsp3) is 0.182. The van der Waals surface area contributed by atoms with Gasteiger partial charge in [0.1, 0.15) is 5.82 Å². The molecule has 1 aliphatic rings. The van der Waals surface area contributed by atoms with Gasteiger partial charge in [0, 0.05) is 18.0 Å². The second-order valence-electron chi connectivity index (χ2n) is 6.77. The highest BCUT2D eigenvalue weighted by atomic mass is 35.5. The summed E-state index contributed by atoms with van der Waals surface area (Å²) >= 11 is 5.94. The maximum atomic E-state index is 13.6. The Balaban J connectivity index is 1.48. The molecular formula is C22H18ClFN2O3. The zero-order chi connectivity index (χ0) is 20.2. The van der Waals surface area contributed by atoms with Crippen molar-refractivity contribution in [3.63, 3.8) is 0 Å². The summed E-state index contributed by atoms with van der Waals surface area (Å²) in [4.78, 5) is 20.1. The first-order valence-corrected chi connectivity index (χ1v) is 9.52. The van der Waals surface area contributed by atoms with E-state index in [0.717, 1.165) is 11.3 Å². The van der Waals surface area contributed by atoms with Gasteiger partial charge in [0.25, 0.3) is 5.91 Å². The molecule has 0 aliphatic carbocycles. The topological polar surface area (TPSA) is 55.0 Å². The first-order chi connectivity index (χ1) is 14.1. The van der Waals surface area contributed by atoms with Crippen LogP contribution in [0.15, 0.2) is 76.5 Å². The summed E-state index contributed by atoms with van der Waals surface area (Å²) in [6.07, 6.45) is 1.68. The number of nitrogens with zero attached hydrogens (tertiary/aromatic N) is 2. The largest absolute Gasteiger partial charge is 0.459 e. The van der Waals surface area contributed by atoms with Crippen LogP contribution in [0, 0.1) is 5.82 Å². The highest BCUT2D eigenvalue weighted by molar-refractivity contribution is 6.30. The molecule has 0 saturated carbocycles. The van der Waals surface area contributed by atoms with E-state index in [1.54, 1.807) is 41.3 Å². The quantitative estimate of drug-likeness (QED) is 0.578. The molecule has 7 heteroatoms. The summed E-state index contributed by atoms with van der Waals surface area (Å²) in [7, 11) is 0. The molecule has 0 spiro atoms. The number of carbonyl (C=O) groups excluding carboxylic acids is 1. The van der Waals surface area contributed by atoms with E-state index in [0.29, 0.717) is 17.0 Å². The van der Waals surface area contributed by atoms with Crippen LogP contribution in [0.2, 0.25) is 5.02 Å².